The van der Waals surface area contributed by atoms with E-state index in [1.54, 1.807) is 20.8 Å². The lowest BCUT2D eigenvalue weighted by atomic mass is 9.87. The number of hydrogen-bond acceptors (Lipinski definition) is 3. The second kappa shape index (κ2) is 6.09. The van der Waals surface area contributed by atoms with Gasteiger partial charge in [-0.15, -0.1) is 0 Å². The number of nitrogens with one attached hydrogen (secondary N) is 1. The quantitative estimate of drug-likeness (QED) is 0.472. The zero-order chi connectivity index (χ0) is 12.8. The normalized spacial score (nSPS) is 12.3. The first-order valence-electron chi connectivity index (χ1n) is 5.07. The maximum absolute atomic E-state index is 10.8. The molecular formula is C10H19N3O3. The van der Waals surface area contributed by atoms with Gasteiger partial charge < -0.3 is 10.8 Å². The van der Waals surface area contributed by atoms with Crippen LogP contribution in [0.2, 0.25) is 0 Å². The molecule has 0 aromatic rings. The van der Waals surface area contributed by atoms with Gasteiger partial charge in [0.15, 0.2) is 0 Å². The molecule has 0 spiro atoms. The number of carboxylic acids is 1. The Morgan fingerprint density at radius 3 is 2.44 bits per heavy atom. The Morgan fingerprint density at radius 2 is 2.00 bits per heavy atom. The van der Waals surface area contributed by atoms with Crippen molar-refractivity contribution in [3.05, 3.63) is 0 Å². The molecule has 0 heterocycles. The molecule has 92 valence electrons. The fraction of sp³-hybridized carbons (Fsp3) is 0.700. The van der Waals surface area contributed by atoms with E-state index in [9.17, 15) is 9.59 Å². The van der Waals surface area contributed by atoms with Crippen molar-refractivity contribution in [2.45, 2.75) is 40.0 Å². The molecule has 0 aliphatic carbocycles. The molecule has 0 saturated heterocycles. The minimum Gasteiger partial charge on any atom is -0.481 e. The van der Waals surface area contributed by atoms with Crippen molar-refractivity contribution in [2.75, 3.05) is 0 Å². The van der Waals surface area contributed by atoms with Crippen molar-refractivity contribution in [3.63, 3.8) is 0 Å². The number of hydrazone groups is 1. The number of nitrogens with two attached hydrogens (primary N) is 1. The number of aliphatic carboxylic acids is 1. The zero-order valence-corrected chi connectivity index (χ0v) is 9.91. The predicted octanol–water partition coefficient (Wildman–Crippen LogP) is 1.31. The third kappa shape index (κ3) is 6.00. The Labute approximate surface area is 94.9 Å². The van der Waals surface area contributed by atoms with Crippen molar-refractivity contribution < 1.29 is 14.7 Å². The number of amides is 2. The molecule has 6 nitrogen and oxygen atoms in total. The lowest BCUT2D eigenvalue weighted by molar-refractivity contribution is -0.147. The molecule has 0 bridgehead atoms. The summed E-state index contributed by atoms with van der Waals surface area (Å²) in [6.07, 6.45) is 1.90. The Morgan fingerprint density at radius 1 is 1.44 bits per heavy atom. The molecule has 0 fully saturated rings. The fourth-order valence-corrected chi connectivity index (χ4v) is 1.10. The molecule has 16 heavy (non-hydrogen) atoms. The van der Waals surface area contributed by atoms with E-state index in [-0.39, 0.29) is 0 Å². The fourth-order valence-electron chi connectivity index (χ4n) is 1.10. The molecule has 0 aromatic heterocycles. The first kappa shape index (κ1) is 14.4. The summed E-state index contributed by atoms with van der Waals surface area (Å²) in [7, 11) is 0. The van der Waals surface area contributed by atoms with Crippen molar-refractivity contribution in [3.8, 4) is 0 Å². The van der Waals surface area contributed by atoms with E-state index >= 15 is 0 Å². The topological polar surface area (TPSA) is 105 Å². The summed E-state index contributed by atoms with van der Waals surface area (Å²) in [5, 5.41) is 12.6. The van der Waals surface area contributed by atoms with Crippen molar-refractivity contribution in [1.82, 2.24) is 5.43 Å². The number of carboxylic acid groups (broad SMARTS) is 1. The third-order valence-corrected chi connectivity index (χ3v) is 2.28. The summed E-state index contributed by atoms with van der Waals surface area (Å²) >= 11 is 0. The van der Waals surface area contributed by atoms with Gasteiger partial charge >= 0.3 is 12.0 Å². The van der Waals surface area contributed by atoms with Crippen LogP contribution in [0.4, 0.5) is 4.79 Å². The molecule has 0 aliphatic rings. The number of carbonyl (C=O) groups excluding carboxylic acids is 1. The standard InChI is InChI=1S/C10H19N3O3/c1-7(12-13-9(11)16)5-4-6-10(2,3)8(14)15/h4-6H2,1-3H3,(H,14,15)(H3,11,13,16). The van der Waals surface area contributed by atoms with Crippen LogP contribution >= 0.6 is 0 Å². The summed E-state index contributed by atoms with van der Waals surface area (Å²) < 4.78 is 0. The van der Waals surface area contributed by atoms with Crippen LogP contribution < -0.4 is 11.2 Å². The molecule has 0 atom stereocenters. The summed E-state index contributed by atoms with van der Waals surface area (Å²) in [5.74, 6) is -0.808. The average Bonchev–Trinajstić information content (AvgIpc) is 2.14. The minimum absolute atomic E-state index is 0.561. The highest BCUT2D eigenvalue weighted by molar-refractivity contribution is 5.83. The van der Waals surface area contributed by atoms with Gasteiger partial charge in [-0.3, -0.25) is 4.79 Å². The van der Waals surface area contributed by atoms with Crippen LogP contribution in [0.5, 0.6) is 0 Å². The number of hydrogen-bond donors (Lipinski definition) is 3. The number of rotatable bonds is 6. The van der Waals surface area contributed by atoms with Crippen molar-refractivity contribution in [1.29, 1.82) is 0 Å². The molecule has 0 radical (unpaired) electrons. The monoisotopic (exact) mass is 229 g/mol. The molecule has 2 amide bonds. The second-order valence-corrected chi connectivity index (χ2v) is 4.37. The summed E-state index contributed by atoms with van der Waals surface area (Å²) in [4.78, 5) is 21.2. The molecule has 4 N–H and O–H groups in total. The second-order valence-electron chi connectivity index (χ2n) is 4.37. The van der Waals surface area contributed by atoms with Crippen LogP contribution in [0.25, 0.3) is 0 Å². The molecule has 0 aliphatic heterocycles. The highest BCUT2D eigenvalue weighted by Gasteiger charge is 2.26. The van der Waals surface area contributed by atoms with E-state index in [0.29, 0.717) is 19.3 Å². The lowest BCUT2D eigenvalue weighted by Crippen LogP contribution is -2.26. The van der Waals surface area contributed by atoms with Gasteiger partial charge in [0.1, 0.15) is 0 Å². The molecule has 0 aromatic carbocycles. The molecule has 0 rings (SSSR count). The van der Waals surface area contributed by atoms with Crippen LogP contribution in [0.1, 0.15) is 40.0 Å². The molecule has 0 saturated carbocycles. The smallest absolute Gasteiger partial charge is 0.332 e. The Balaban J connectivity index is 3.95. The number of carbonyl (C=O) groups is 2. The van der Waals surface area contributed by atoms with E-state index in [4.69, 9.17) is 10.8 Å². The van der Waals surface area contributed by atoms with Gasteiger partial charge in [0.25, 0.3) is 0 Å². The average molecular weight is 229 g/mol. The van der Waals surface area contributed by atoms with Crippen LogP contribution in [0.15, 0.2) is 5.10 Å². The van der Waals surface area contributed by atoms with Gasteiger partial charge in [-0.2, -0.15) is 5.10 Å². The van der Waals surface area contributed by atoms with Gasteiger partial charge in [0, 0.05) is 5.71 Å². The van der Waals surface area contributed by atoms with E-state index < -0.39 is 17.4 Å². The van der Waals surface area contributed by atoms with E-state index in [2.05, 4.69) is 10.5 Å². The van der Waals surface area contributed by atoms with Gasteiger partial charge in [0.2, 0.25) is 0 Å². The van der Waals surface area contributed by atoms with Gasteiger partial charge in [-0.05, 0) is 40.0 Å². The van der Waals surface area contributed by atoms with Gasteiger partial charge in [-0.25, -0.2) is 10.2 Å². The SMILES string of the molecule is CC(CCCC(C)(C)C(=O)O)=NNC(N)=O. The Hall–Kier alpha value is -1.59. The molecule has 6 heteroatoms. The largest absolute Gasteiger partial charge is 0.481 e. The number of primary amides is 1. The predicted molar refractivity (Wildman–Crippen MR) is 61.1 cm³/mol. The van der Waals surface area contributed by atoms with E-state index in [1.165, 1.54) is 0 Å². The van der Waals surface area contributed by atoms with Crippen molar-refractivity contribution in [2.24, 2.45) is 16.3 Å². The molecule has 0 unspecified atom stereocenters. The van der Waals surface area contributed by atoms with Crippen LogP contribution in [0.3, 0.4) is 0 Å². The van der Waals surface area contributed by atoms with Crippen LogP contribution in [-0.4, -0.2) is 22.8 Å². The number of nitrogens with zero attached hydrogens (tertiary/aromatic N) is 1. The lowest BCUT2D eigenvalue weighted by Gasteiger charge is -2.18. The summed E-state index contributed by atoms with van der Waals surface area (Å²) in [5.41, 5.74) is 6.97. The summed E-state index contributed by atoms with van der Waals surface area (Å²) in [6.45, 7) is 5.12. The first-order chi connectivity index (χ1) is 7.25. The Kier molecular flexibility index (Phi) is 5.49. The summed E-state index contributed by atoms with van der Waals surface area (Å²) in [6, 6.07) is -0.704. The van der Waals surface area contributed by atoms with Gasteiger partial charge in [0.05, 0.1) is 5.41 Å². The third-order valence-electron chi connectivity index (χ3n) is 2.28. The maximum Gasteiger partial charge on any atom is 0.332 e. The van der Waals surface area contributed by atoms with Gasteiger partial charge in [-0.1, -0.05) is 0 Å². The van der Waals surface area contributed by atoms with Crippen LogP contribution in [-0.2, 0) is 4.79 Å². The van der Waals surface area contributed by atoms with E-state index in [1.807, 2.05) is 0 Å². The van der Waals surface area contributed by atoms with Crippen LogP contribution in [0, 0.1) is 5.41 Å². The maximum atomic E-state index is 10.8. The zero-order valence-electron chi connectivity index (χ0n) is 9.91. The Bertz CT molecular complexity index is 298. The highest BCUT2D eigenvalue weighted by Crippen LogP contribution is 2.23. The first-order valence-corrected chi connectivity index (χ1v) is 5.07. The number of urea groups is 1. The van der Waals surface area contributed by atoms with Crippen molar-refractivity contribution >= 4 is 17.7 Å². The van der Waals surface area contributed by atoms with E-state index in [0.717, 1.165) is 5.71 Å². The highest BCUT2D eigenvalue weighted by atomic mass is 16.4. The molecular weight excluding hydrogens is 210 g/mol. The minimum atomic E-state index is -0.808.